The van der Waals surface area contributed by atoms with Gasteiger partial charge in [-0.1, -0.05) is 30.3 Å². The summed E-state index contributed by atoms with van der Waals surface area (Å²) >= 11 is 0. The first-order valence-electron chi connectivity index (χ1n) is 6.62. The third-order valence-corrected chi connectivity index (χ3v) is 3.27. The van der Waals surface area contributed by atoms with Crippen LogP contribution < -0.4 is 0 Å². The van der Waals surface area contributed by atoms with Crippen molar-refractivity contribution in [2.24, 2.45) is 10.2 Å². The highest BCUT2D eigenvalue weighted by Crippen LogP contribution is 2.18. The lowest BCUT2D eigenvalue weighted by Gasteiger charge is -2.39. The van der Waals surface area contributed by atoms with Crippen LogP contribution in [0, 0.1) is 10.4 Å². The van der Waals surface area contributed by atoms with Crippen molar-refractivity contribution in [3.63, 3.8) is 0 Å². The van der Waals surface area contributed by atoms with Crippen LogP contribution in [0.1, 0.15) is 11.1 Å². The molecule has 23 heavy (non-hydrogen) atoms. The minimum Gasteiger partial charge on any atom is -0.769 e. The molecule has 2 aliphatic rings. The Kier molecular flexibility index (Phi) is 3.80. The molecule has 0 radical (unpaired) electrons. The molecule has 0 unspecified atom stereocenters. The minimum absolute atomic E-state index is 0.0917. The average molecular weight is 307 g/mol. The number of rotatable bonds is 2. The van der Waals surface area contributed by atoms with Crippen molar-refractivity contribution in [1.82, 2.24) is 5.23 Å². The van der Waals surface area contributed by atoms with Crippen molar-refractivity contribution in [2.75, 3.05) is 0 Å². The minimum atomic E-state index is -0.630. The maximum atomic E-state index is 12.0. The highest BCUT2D eigenvalue weighted by atomic mass is 16.8. The third-order valence-electron chi connectivity index (χ3n) is 3.27. The van der Waals surface area contributed by atoms with Crippen molar-refractivity contribution in [3.8, 4) is 0 Å². The van der Waals surface area contributed by atoms with E-state index in [1.807, 2.05) is 12.1 Å². The fourth-order valence-electron chi connectivity index (χ4n) is 2.14. The van der Waals surface area contributed by atoms with Crippen molar-refractivity contribution in [3.05, 3.63) is 75.8 Å². The molecule has 0 heterocycles. The Bertz CT molecular complexity index is 845. The summed E-state index contributed by atoms with van der Waals surface area (Å²) in [6.45, 7) is 0. The Morgan fingerprint density at radius 2 is 1.61 bits per heavy atom. The quantitative estimate of drug-likeness (QED) is 0.611. The van der Waals surface area contributed by atoms with Gasteiger partial charge < -0.3 is 15.6 Å². The monoisotopic (exact) mass is 307 g/mol. The van der Waals surface area contributed by atoms with Gasteiger partial charge in [-0.3, -0.25) is 9.59 Å². The summed E-state index contributed by atoms with van der Waals surface area (Å²) in [5.41, 5.74) is 1.04. The fourth-order valence-corrected chi connectivity index (χ4v) is 2.14. The zero-order chi connectivity index (χ0) is 16.4. The van der Waals surface area contributed by atoms with E-state index in [0.717, 1.165) is 23.8 Å². The first-order valence-corrected chi connectivity index (χ1v) is 6.62. The van der Waals surface area contributed by atoms with Crippen LogP contribution in [0.3, 0.4) is 0 Å². The summed E-state index contributed by atoms with van der Waals surface area (Å²) in [6, 6.07) is 7.12. The lowest BCUT2D eigenvalue weighted by Crippen LogP contribution is -2.19. The van der Waals surface area contributed by atoms with Crippen LogP contribution in [-0.4, -0.2) is 28.2 Å². The van der Waals surface area contributed by atoms with Gasteiger partial charge in [0.25, 0.3) is 0 Å². The molecule has 3 rings (SSSR count). The largest absolute Gasteiger partial charge is 0.769 e. The summed E-state index contributed by atoms with van der Waals surface area (Å²) in [5.74, 6) is -0.850. The van der Waals surface area contributed by atoms with Gasteiger partial charge in [0.15, 0.2) is 0 Å². The fraction of sp³-hybridized carbons (Fsp3) is 0. The average Bonchev–Trinajstić information content (AvgIpc) is 2.55. The maximum Gasteiger partial charge on any atom is 0.206 e. The van der Waals surface area contributed by atoms with Crippen LogP contribution in [-0.2, 0) is 9.59 Å². The number of carbonyl (C=O) groups excluding carboxylic acids is 2. The normalized spacial score (nSPS) is 20.0. The molecular weight excluding hydrogens is 298 g/mol. The number of allylic oxidation sites excluding steroid dienone is 4. The Labute approximate surface area is 130 Å². The molecular formula is C16H9N3O4-2. The molecule has 0 spiro atoms. The molecule has 7 nitrogen and oxygen atoms in total. The second-order valence-corrected chi connectivity index (χ2v) is 4.74. The highest BCUT2D eigenvalue weighted by molar-refractivity contribution is 6.52. The van der Waals surface area contributed by atoms with E-state index in [0.29, 0.717) is 5.56 Å². The summed E-state index contributed by atoms with van der Waals surface area (Å²) < 4.78 is 0. The summed E-state index contributed by atoms with van der Waals surface area (Å²) in [6.07, 6.45) is 6.21. The Morgan fingerprint density at radius 1 is 0.870 bits per heavy atom. The van der Waals surface area contributed by atoms with E-state index in [2.05, 4.69) is 10.2 Å². The van der Waals surface area contributed by atoms with Gasteiger partial charge in [0.05, 0.1) is 0 Å². The van der Waals surface area contributed by atoms with Crippen LogP contribution in [0.4, 0.5) is 0 Å². The number of fused-ring (bicyclic) bond motifs is 1. The smallest absolute Gasteiger partial charge is 0.206 e. The third kappa shape index (κ3) is 2.91. The van der Waals surface area contributed by atoms with Crippen LogP contribution in [0.25, 0.3) is 6.08 Å². The molecule has 0 bridgehead atoms. The molecule has 1 aromatic carbocycles. The maximum absolute atomic E-state index is 12.0. The molecule has 1 aromatic rings. The lowest BCUT2D eigenvalue weighted by atomic mass is 9.95. The van der Waals surface area contributed by atoms with Gasteiger partial charge in [-0.2, -0.15) is 0 Å². The predicted octanol–water partition coefficient (Wildman–Crippen LogP) is 1.75. The number of carbonyl (C=O) groups is 2. The molecule has 0 saturated heterocycles. The number of hydrogen-bond donors (Lipinski definition) is 0. The van der Waals surface area contributed by atoms with Crippen molar-refractivity contribution in [1.29, 1.82) is 0 Å². The molecule has 0 aromatic heterocycles. The van der Waals surface area contributed by atoms with Gasteiger partial charge in [0, 0.05) is 11.3 Å². The molecule has 7 heteroatoms. The van der Waals surface area contributed by atoms with Crippen molar-refractivity contribution < 1.29 is 9.59 Å². The Morgan fingerprint density at radius 3 is 2.39 bits per heavy atom. The van der Waals surface area contributed by atoms with Crippen LogP contribution in [0.2, 0.25) is 0 Å². The van der Waals surface area contributed by atoms with E-state index < -0.39 is 11.0 Å². The van der Waals surface area contributed by atoms with Gasteiger partial charge in [-0.05, 0) is 29.9 Å². The van der Waals surface area contributed by atoms with Gasteiger partial charge in [-0.15, -0.1) is 10.2 Å². The topological polar surface area (TPSA) is 108 Å². The first-order chi connectivity index (χ1) is 11.1. The second kappa shape index (κ2) is 5.91. The van der Waals surface area contributed by atoms with Gasteiger partial charge in [0.1, 0.15) is 11.4 Å². The van der Waals surface area contributed by atoms with Crippen molar-refractivity contribution in [2.45, 2.75) is 0 Å². The van der Waals surface area contributed by atoms with E-state index in [9.17, 15) is 20.0 Å². The van der Waals surface area contributed by atoms with Crippen LogP contribution >= 0.6 is 0 Å². The van der Waals surface area contributed by atoms with E-state index in [-0.39, 0.29) is 22.9 Å². The standard InChI is InChI=1S/C16H9N3O4/c20-14-8-6-11(19(22)23)9-13(14)17-18-16-12-4-2-1-3-10(12)5-7-15(16)21/h1-9H/q-2. The molecule has 2 aliphatic carbocycles. The summed E-state index contributed by atoms with van der Waals surface area (Å²) in [4.78, 5) is 23.7. The van der Waals surface area contributed by atoms with Crippen molar-refractivity contribution >= 4 is 29.1 Å². The zero-order valence-electron chi connectivity index (χ0n) is 11.7. The highest BCUT2D eigenvalue weighted by Gasteiger charge is 2.19. The summed E-state index contributed by atoms with van der Waals surface area (Å²) in [7, 11) is 0. The number of benzene rings is 1. The molecule has 0 N–H and O–H groups in total. The number of nitrogens with zero attached hydrogens (tertiary/aromatic N) is 3. The lowest BCUT2D eigenvalue weighted by molar-refractivity contribution is -0.109. The number of hydrogen-bond acceptors (Lipinski definition) is 7. The van der Waals surface area contributed by atoms with E-state index >= 15 is 0 Å². The second-order valence-electron chi connectivity index (χ2n) is 4.74. The Hall–Kier alpha value is -3.16. The predicted molar refractivity (Wildman–Crippen MR) is 85.3 cm³/mol. The van der Waals surface area contributed by atoms with Gasteiger partial charge in [-0.25, -0.2) is 0 Å². The molecule has 114 valence electrons. The van der Waals surface area contributed by atoms with Gasteiger partial charge in [0.2, 0.25) is 11.6 Å². The molecule has 0 atom stereocenters. The molecule has 0 saturated carbocycles. The van der Waals surface area contributed by atoms with Crippen LogP contribution in [0.15, 0.2) is 64.5 Å². The molecule has 0 fully saturated rings. The first kappa shape index (κ1) is 14.8. The number of hydroxylamine groups is 2. The SMILES string of the molecule is O=C1C=CC(N([O-])[O-])=CC1=NN=C1C(=O)C=Cc2ccccc21. The Balaban J connectivity index is 2.02. The van der Waals surface area contributed by atoms with Crippen LogP contribution in [0.5, 0.6) is 0 Å². The van der Waals surface area contributed by atoms with E-state index in [1.54, 1.807) is 18.2 Å². The molecule has 0 amide bonds. The number of ketones is 2. The van der Waals surface area contributed by atoms with Gasteiger partial charge >= 0.3 is 0 Å². The van der Waals surface area contributed by atoms with E-state index in [4.69, 9.17) is 0 Å². The molecule has 0 aliphatic heterocycles. The van der Waals surface area contributed by atoms with E-state index in [1.165, 1.54) is 6.08 Å². The summed E-state index contributed by atoms with van der Waals surface area (Å²) in [5, 5.41) is 28.5. The zero-order valence-corrected chi connectivity index (χ0v) is 11.7.